The summed E-state index contributed by atoms with van der Waals surface area (Å²) in [6, 6.07) is 5.05. The van der Waals surface area contributed by atoms with E-state index in [0.29, 0.717) is 4.47 Å². The van der Waals surface area contributed by atoms with Gasteiger partial charge in [0.05, 0.1) is 5.56 Å². The molecule has 0 atom stereocenters. The maximum absolute atomic E-state index is 12.3. The van der Waals surface area contributed by atoms with Crippen molar-refractivity contribution in [2.24, 2.45) is 0 Å². The zero-order chi connectivity index (χ0) is 14.8. The van der Waals surface area contributed by atoms with Gasteiger partial charge < -0.3 is 5.32 Å². The largest absolute Gasteiger partial charge is 0.433 e. The predicted molar refractivity (Wildman–Crippen MR) is 69.1 cm³/mol. The standard InChI is InChI=1S/C12H7BrF3N3O/c13-8-3-4-17-10(5-8)19-11(20)7-1-2-9(18-6-7)12(14,15)16/h1-6H,(H,17,19,20). The number of amides is 1. The van der Waals surface area contributed by atoms with E-state index in [0.717, 1.165) is 18.3 Å². The second-order valence-electron chi connectivity index (χ2n) is 3.74. The number of halogens is 4. The van der Waals surface area contributed by atoms with Gasteiger partial charge in [0.25, 0.3) is 5.91 Å². The van der Waals surface area contributed by atoms with Crippen molar-refractivity contribution < 1.29 is 18.0 Å². The maximum atomic E-state index is 12.3. The van der Waals surface area contributed by atoms with Crippen LogP contribution in [0.25, 0.3) is 0 Å². The quantitative estimate of drug-likeness (QED) is 0.906. The van der Waals surface area contributed by atoms with E-state index in [1.165, 1.54) is 6.20 Å². The molecule has 1 amide bonds. The number of aromatic nitrogens is 2. The van der Waals surface area contributed by atoms with Crippen LogP contribution < -0.4 is 5.32 Å². The average molecular weight is 346 g/mol. The summed E-state index contributed by atoms with van der Waals surface area (Å²) in [5.74, 6) is -0.305. The van der Waals surface area contributed by atoms with Crippen molar-refractivity contribution in [1.82, 2.24) is 9.97 Å². The molecule has 0 fully saturated rings. The van der Waals surface area contributed by atoms with Gasteiger partial charge in [-0.05, 0) is 24.3 Å². The first kappa shape index (κ1) is 14.4. The van der Waals surface area contributed by atoms with Gasteiger partial charge in [-0.15, -0.1) is 0 Å². The second-order valence-corrected chi connectivity index (χ2v) is 4.66. The Hall–Kier alpha value is -1.96. The number of nitrogens with zero attached hydrogens (tertiary/aromatic N) is 2. The van der Waals surface area contributed by atoms with E-state index in [2.05, 4.69) is 31.2 Å². The first-order chi connectivity index (χ1) is 9.36. The molecule has 2 heterocycles. The summed E-state index contributed by atoms with van der Waals surface area (Å²) in [6.07, 6.45) is -2.18. The summed E-state index contributed by atoms with van der Waals surface area (Å²) < 4.78 is 37.7. The molecule has 2 aromatic heterocycles. The van der Waals surface area contributed by atoms with Crippen LogP contribution in [0.3, 0.4) is 0 Å². The van der Waals surface area contributed by atoms with Crippen LogP contribution in [0.5, 0.6) is 0 Å². The van der Waals surface area contributed by atoms with E-state index >= 15 is 0 Å². The molecule has 0 radical (unpaired) electrons. The molecule has 0 bridgehead atoms. The average Bonchev–Trinajstić information content (AvgIpc) is 2.38. The van der Waals surface area contributed by atoms with Crippen LogP contribution in [0.2, 0.25) is 0 Å². The van der Waals surface area contributed by atoms with Crippen molar-refractivity contribution in [2.45, 2.75) is 6.18 Å². The third kappa shape index (κ3) is 3.53. The normalized spacial score (nSPS) is 11.2. The maximum Gasteiger partial charge on any atom is 0.433 e. The Morgan fingerprint density at radius 1 is 1.20 bits per heavy atom. The summed E-state index contributed by atoms with van der Waals surface area (Å²) in [5, 5.41) is 2.46. The smallest absolute Gasteiger partial charge is 0.306 e. The molecular weight excluding hydrogens is 339 g/mol. The fourth-order valence-electron chi connectivity index (χ4n) is 1.36. The molecule has 2 rings (SSSR count). The Balaban J connectivity index is 2.14. The van der Waals surface area contributed by atoms with Crippen LogP contribution >= 0.6 is 15.9 Å². The first-order valence-electron chi connectivity index (χ1n) is 5.32. The molecular formula is C12H7BrF3N3O. The molecule has 4 nitrogen and oxygen atoms in total. The van der Waals surface area contributed by atoms with Gasteiger partial charge in [-0.25, -0.2) is 4.98 Å². The summed E-state index contributed by atoms with van der Waals surface area (Å²) in [7, 11) is 0. The molecule has 0 saturated heterocycles. The number of carbonyl (C=O) groups excluding carboxylic acids is 1. The van der Waals surface area contributed by atoms with Gasteiger partial charge in [0.1, 0.15) is 11.5 Å². The molecule has 0 aliphatic heterocycles. The van der Waals surface area contributed by atoms with Crippen LogP contribution in [0, 0.1) is 0 Å². The molecule has 1 N–H and O–H groups in total. The molecule has 0 spiro atoms. The molecule has 0 aliphatic rings. The highest BCUT2D eigenvalue weighted by molar-refractivity contribution is 9.10. The van der Waals surface area contributed by atoms with Crippen LogP contribution in [0.4, 0.5) is 19.0 Å². The number of rotatable bonds is 2. The van der Waals surface area contributed by atoms with E-state index in [1.54, 1.807) is 12.1 Å². The summed E-state index contributed by atoms with van der Waals surface area (Å²) >= 11 is 3.21. The van der Waals surface area contributed by atoms with Gasteiger partial charge in [-0.1, -0.05) is 15.9 Å². The van der Waals surface area contributed by atoms with Crippen molar-refractivity contribution >= 4 is 27.7 Å². The summed E-state index contributed by atoms with van der Waals surface area (Å²) in [4.78, 5) is 18.9. The molecule has 0 aliphatic carbocycles. The van der Waals surface area contributed by atoms with Crippen molar-refractivity contribution in [1.29, 1.82) is 0 Å². The number of nitrogens with one attached hydrogen (secondary N) is 1. The lowest BCUT2D eigenvalue weighted by molar-refractivity contribution is -0.141. The zero-order valence-corrected chi connectivity index (χ0v) is 11.4. The topological polar surface area (TPSA) is 54.9 Å². The zero-order valence-electron chi connectivity index (χ0n) is 9.78. The van der Waals surface area contributed by atoms with Crippen molar-refractivity contribution in [2.75, 3.05) is 5.32 Å². The Kier molecular flexibility index (Phi) is 4.03. The predicted octanol–water partition coefficient (Wildman–Crippen LogP) is 3.51. The molecule has 2 aromatic rings. The van der Waals surface area contributed by atoms with Gasteiger partial charge in [0.15, 0.2) is 0 Å². The fraction of sp³-hybridized carbons (Fsp3) is 0.0833. The Morgan fingerprint density at radius 2 is 1.95 bits per heavy atom. The van der Waals surface area contributed by atoms with Gasteiger partial charge in [0, 0.05) is 16.9 Å². The van der Waals surface area contributed by atoms with E-state index in [1.807, 2.05) is 0 Å². The van der Waals surface area contributed by atoms with E-state index in [9.17, 15) is 18.0 Å². The molecule has 104 valence electrons. The minimum atomic E-state index is -4.53. The number of hydrogen-bond donors (Lipinski definition) is 1. The number of anilines is 1. The van der Waals surface area contributed by atoms with Gasteiger partial charge in [0.2, 0.25) is 0 Å². The van der Waals surface area contributed by atoms with Crippen LogP contribution in [0.1, 0.15) is 16.1 Å². The summed E-state index contributed by atoms with van der Waals surface area (Å²) in [5.41, 5.74) is -1.03. The lowest BCUT2D eigenvalue weighted by Crippen LogP contribution is -2.14. The van der Waals surface area contributed by atoms with Crippen molar-refractivity contribution in [3.63, 3.8) is 0 Å². The molecule has 0 aromatic carbocycles. The lowest BCUT2D eigenvalue weighted by atomic mass is 10.2. The Bertz CT molecular complexity index is 629. The number of alkyl halides is 3. The van der Waals surface area contributed by atoms with Crippen molar-refractivity contribution in [3.05, 3.63) is 52.4 Å². The number of hydrogen-bond acceptors (Lipinski definition) is 3. The molecule has 0 unspecified atom stereocenters. The molecule has 0 saturated carbocycles. The summed E-state index contributed by atoms with van der Waals surface area (Å²) in [6.45, 7) is 0. The van der Waals surface area contributed by atoms with Crippen molar-refractivity contribution in [3.8, 4) is 0 Å². The second kappa shape index (κ2) is 5.58. The third-order valence-electron chi connectivity index (χ3n) is 2.28. The molecule has 8 heteroatoms. The lowest BCUT2D eigenvalue weighted by Gasteiger charge is -2.07. The number of carbonyl (C=O) groups is 1. The highest BCUT2D eigenvalue weighted by atomic mass is 79.9. The van der Waals surface area contributed by atoms with E-state index < -0.39 is 17.8 Å². The highest BCUT2D eigenvalue weighted by Crippen LogP contribution is 2.27. The van der Waals surface area contributed by atoms with Crippen LogP contribution in [-0.2, 0) is 6.18 Å². The Labute approximate surface area is 120 Å². The highest BCUT2D eigenvalue weighted by Gasteiger charge is 2.32. The minimum absolute atomic E-state index is 0.0137. The van der Waals surface area contributed by atoms with Crippen LogP contribution in [-0.4, -0.2) is 15.9 Å². The van der Waals surface area contributed by atoms with Crippen LogP contribution in [0.15, 0.2) is 41.1 Å². The van der Waals surface area contributed by atoms with E-state index in [-0.39, 0.29) is 11.4 Å². The molecule has 20 heavy (non-hydrogen) atoms. The third-order valence-corrected chi connectivity index (χ3v) is 2.77. The number of pyridine rings is 2. The van der Waals surface area contributed by atoms with Gasteiger partial charge in [-0.2, -0.15) is 13.2 Å². The first-order valence-corrected chi connectivity index (χ1v) is 6.12. The SMILES string of the molecule is O=C(Nc1cc(Br)ccn1)c1ccc(C(F)(F)F)nc1. The van der Waals surface area contributed by atoms with Gasteiger partial charge in [-0.3, -0.25) is 9.78 Å². The Morgan fingerprint density at radius 3 is 2.50 bits per heavy atom. The van der Waals surface area contributed by atoms with Gasteiger partial charge >= 0.3 is 6.18 Å². The fourth-order valence-corrected chi connectivity index (χ4v) is 1.69. The van der Waals surface area contributed by atoms with E-state index in [4.69, 9.17) is 0 Å². The minimum Gasteiger partial charge on any atom is -0.306 e. The monoisotopic (exact) mass is 345 g/mol.